The zero-order valence-electron chi connectivity index (χ0n) is 21.6. The van der Waals surface area contributed by atoms with Gasteiger partial charge in [-0.05, 0) is 59.4 Å². The number of rotatable bonds is 8. The highest BCUT2D eigenvalue weighted by Crippen LogP contribution is 2.30. The molecule has 0 aliphatic heterocycles. The van der Waals surface area contributed by atoms with Crippen molar-refractivity contribution in [3.8, 4) is 0 Å². The highest BCUT2D eigenvalue weighted by Gasteiger charge is 2.38. The number of carbonyl (C=O) groups is 3. The maximum Gasteiger partial charge on any atom is 0.411 e. The monoisotopic (exact) mass is 475 g/mol. The summed E-state index contributed by atoms with van der Waals surface area (Å²) in [5.41, 5.74) is -0.654. The molecule has 2 rings (SSSR count). The van der Waals surface area contributed by atoms with Crippen LogP contribution in [0.15, 0.2) is 30.3 Å². The van der Waals surface area contributed by atoms with Gasteiger partial charge in [0.05, 0.1) is 0 Å². The number of nitrogens with zero attached hydrogens (tertiary/aromatic N) is 1. The van der Waals surface area contributed by atoms with E-state index in [1.165, 1.54) is 11.3 Å². The minimum atomic E-state index is -0.936. The third-order valence-corrected chi connectivity index (χ3v) is 5.50. The van der Waals surface area contributed by atoms with Crippen molar-refractivity contribution in [2.75, 3.05) is 6.54 Å². The molecule has 0 unspecified atom stereocenters. The molecule has 1 aromatic rings. The van der Waals surface area contributed by atoms with E-state index in [9.17, 15) is 14.4 Å². The van der Waals surface area contributed by atoms with E-state index >= 15 is 0 Å². The molecular weight excluding hydrogens is 434 g/mol. The van der Waals surface area contributed by atoms with Crippen LogP contribution in [0.4, 0.5) is 4.79 Å². The van der Waals surface area contributed by atoms with E-state index in [4.69, 9.17) is 14.2 Å². The van der Waals surface area contributed by atoms with Gasteiger partial charge in [-0.3, -0.25) is 9.69 Å². The molecule has 190 valence electrons. The number of ether oxygens (including phenoxy) is 3. The molecule has 0 heterocycles. The maximum atomic E-state index is 13.3. The van der Waals surface area contributed by atoms with E-state index < -0.39 is 35.3 Å². The molecule has 7 nitrogen and oxygen atoms in total. The minimum Gasteiger partial charge on any atom is -0.459 e. The summed E-state index contributed by atoms with van der Waals surface area (Å²) in [6, 6.07) is 8.44. The van der Waals surface area contributed by atoms with E-state index in [1.54, 1.807) is 41.5 Å². The first-order chi connectivity index (χ1) is 15.8. The maximum absolute atomic E-state index is 13.3. The van der Waals surface area contributed by atoms with Gasteiger partial charge in [-0.2, -0.15) is 0 Å². The van der Waals surface area contributed by atoms with Gasteiger partial charge in [0.15, 0.2) is 0 Å². The number of hydrogen-bond donors (Lipinski definition) is 0. The molecular formula is C27H41NO6. The minimum absolute atomic E-state index is 0.0927. The van der Waals surface area contributed by atoms with Gasteiger partial charge in [-0.25, -0.2) is 9.59 Å². The Morgan fingerprint density at radius 2 is 1.50 bits per heavy atom. The topological polar surface area (TPSA) is 82.1 Å². The number of benzene rings is 1. The second kappa shape index (κ2) is 12.2. The molecule has 0 saturated heterocycles. The van der Waals surface area contributed by atoms with Gasteiger partial charge in [0.25, 0.3) is 0 Å². The van der Waals surface area contributed by atoms with Crippen LogP contribution in [0.3, 0.4) is 0 Å². The lowest BCUT2D eigenvalue weighted by Crippen LogP contribution is -2.51. The fourth-order valence-electron chi connectivity index (χ4n) is 4.05. The molecule has 1 aliphatic carbocycles. The number of carbonyl (C=O) groups excluding carboxylic acids is 3. The molecule has 0 spiro atoms. The molecule has 1 aromatic carbocycles. The number of amides is 1. The van der Waals surface area contributed by atoms with Crippen LogP contribution in [-0.2, 0) is 30.4 Å². The summed E-state index contributed by atoms with van der Waals surface area (Å²) in [6.07, 6.45) is 5.02. The Morgan fingerprint density at radius 1 is 0.912 bits per heavy atom. The summed E-state index contributed by atoms with van der Waals surface area (Å²) in [5.74, 6) is -0.863. The van der Waals surface area contributed by atoms with Crippen LogP contribution in [0.5, 0.6) is 0 Å². The fourth-order valence-corrected chi connectivity index (χ4v) is 4.05. The third kappa shape index (κ3) is 10.1. The van der Waals surface area contributed by atoms with Gasteiger partial charge in [0, 0.05) is 0 Å². The standard InChI is InChI=1S/C27H41NO6/c1-26(2,3)33-23(29)18-28(25(31)34-27(4,5)6)22(17-20-13-9-7-10-14-20)24(30)32-19-21-15-11-8-12-16-21/h8,11-12,15-16,20,22H,7,9-10,13-14,17-19H2,1-6H3/t22-/m1/s1. The second-order valence-electron chi connectivity index (χ2n) is 11.0. The second-order valence-corrected chi connectivity index (χ2v) is 11.0. The molecule has 0 aromatic heterocycles. The lowest BCUT2D eigenvalue weighted by Gasteiger charge is -2.34. The van der Waals surface area contributed by atoms with Crippen LogP contribution in [0.2, 0.25) is 0 Å². The Kier molecular flexibility index (Phi) is 9.95. The van der Waals surface area contributed by atoms with Crippen LogP contribution < -0.4 is 0 Å². The van der Waals surface area contributed by atoms with Gasteiger partial charge in [0.2, 0.25) is 0 Å². The summed E-state index contributed by atoms with van der Waals surface area (Å²) in [5, 5.41) is 0. The fraction of sp³-hybridized carbons (Fsp3) is 0.667. The molecule has 7 heteroatoms. The van der Waals surface area contributed by atoms with Crippen molar-refractivity contribution in [3.63, 3.8) is 0 Å². The molecule has 1 aliphatic rings. The Bertz CT molecular complexity index is 803. The Labute approximate surface area is 204 Å². The molecule has 0 radical (unpaired) electrons. The summed E-state index contributed by atoms with van der Waals surface area (Å²) in [6.45, 7) is 10.2. The van der Waals surface area contributed by atoms with Gasteiger partial charge < -0.3 is 14.2 Å². The van der Waals surface area contributed by atoms with E-state index in [1.807, 2.05) is 30.3 Å². The summed E-state index contributed by atoms with van der Waals surface area (Å²) >= 11 is 0. The number of hydrogen-bond acceptors (Lipinski definition) is 6. The van der Waals surface area contributed by atoms with Crippen LogP contribution >= 0.6 is 0 Å². The summed E-state index contributed by atoms with van der Waals surface area (Å²) in [4.78, 5) is 40.5. The van der Waals surface area contributed by atoms with Crippen molar-refractivity contribution in [2.45, 2.75) is 104 Å². The first-order valence-corrected chi connectivity index (χ1v) is 12.3. The van der Waals surface area contributed by atoms with Gasteiger partial charge in [0.1, 0.15) is 30.4 Å². The molecule has 1 amide bonds. The average molecular weight is 476 g/mol. The highest BCUT2D eigenvalue weighted by molar-refractivity contribution is 5.85. The quantitative estimate of drug-likeness (QED) is 0.357. The SMILES string of the molecule is CC(C)(C)OC(=O)CN(C(=O)OC(C)(C)C)[C@H](CC1CCCCC1)C(=O)OCc1ccccc1. The molecule has 1 fully saturated rings. The van der Waals surface area contributed by atoms with Crippen LogP contribution in [-0.4, -0.2) is 46.7 Å². The summed E-state index contributed by atoms with van der Waals surface area (Å²) < 4.78 is 16.7. The number of esters is 2. The van der Waals surface area contributed by atoms with E-state index in [0.717, 1.165) is 31.2 Å². The predicted molar refractivity (Wildman–Crippen MR) is 130 cm³/mol. The zero-order valence-corrected chi connectivity index (χ0v) is 21.6. The van der Waals surface area contributed by atoms with Crippen molar-refractivity contribution >= 4 is 18.0 Å². The summed E-state index contributed by atoms with van der Waals surface area (Å²) in [7, 11) is 0. The third-order valence-electron chi connectivity index (χ3n) is 5.50. The van der Waals surface area contributed by atoms with E-state index in [0.29, 0.717) is 6.42 Å². The van der Waals surface area contributed by atoms with Crippen molar-refractivity contribution in [2.24, 2.45) is 5.92 Å². The van der Waals surface area contributed by atoms with Crippen LogP contribution in [0.25, 0.3) is 0 Å². The molecule has 1 atom stereocenters. The average Bonchev–Trinajstić information content (AvgIpc) is 2.73. The smallest absolute Gasteiger partial charge is 0.411 e. The first-order valence-electron chi connectivity index (χ1n) is 12.3. The largest absolute Gasteiger partial charge is 0.459 e. The van der Waals surface area contributed by atoms with Crippen molar-refractivity contribution in [1.82, 2.24) is 4.90 Å². The van der Waals surface area contributed by atoms with Crippen LogP contribution in [0.1, 0.15) is 85.6 Å². The Balaban J connectivity index is 2.28. The van der Waals surface area contributed by atoms with Gasteiger partial charge >= 0.3 is 18.0 Å². The van der Waals surface area contributed by atoms with E-state index in [-0.39, 0.29) is 19.1 Å². The molecule has 0 N–H and O–H groups in total. The highest BCUT2D eigenvalue weighted by atomic mass is 16.6. The Hall–Kier alpha value is -2.57. The van der Waals surface area contributed by atoms with Crippen LogP contribution in [0, 0.1) is 5.92 Å². The molecule has 1 saturated carbocycles. The lowest BCUT2D eigenvalue weighted by molar-refractivity contribution is -0.160. The van der Waals surface area contributed by atoms with E-state index in [2.05, 4.69) is 0 Å². The normalized spacial score (nSPS) is 15.8. The van der Waals surface area contributed by atoms with Crippen molar-refractivity contribution in [3.05, 3.63) is 35.9 Å². The lowest BCUT2D eigenvalue weighted by atomic mass is 9.84. The van der Waals surface area contributed by atoms with Crippen molar-refractivity contribution < 1.29 is 28.6 Å². The first kappa shape index (κ1) is 27.7. The molecule has 0 bridgehead atoms. The van der Waals surface area contributed by atoms with Crippen molar-refractivity contribution in [1.29, 1.82) is 0 Å². The predicted octanol–water partition coefficient (Wildman–Crippen LogP) is 5.65. The van der Waals surface area contributed by atoms with Gasteiger partial charge in [-0.15, -0.1) is 0 Å². The molecule has 34 heavy (non-hydrogen) atoms. The van der Waals surface area contributed by atoms with Gasteiger partial charge in [-0.1, -0.05) is 62.4 Å². The zero-order chi connectivity index (χ0) is 25.4. The Morgan fingerprint density at radius 3 is 2.06 bits per heavy atom.